The Labute approximate surface area is 131 Å². The van der Waals surface area contributed by atoms with Gasteiger partial charge in [-0.3, -0.25) is 0 Å². The minimum atomic E-state index is -2.91. The van der Waals surface area contributed by atoms with Gasteiger partial charge in [0.05, 0.1) is 11.5 Å². The lowest BCUT2D eigenvalue weighted by atomic mass is 10.1. The fourth-order valence-electron chi connectivity index (χ4n) is 2.65. The Balaban J connectivity index is 1.75. The summed E-state index contributed by atoms with van der Waals surface area (Å²) in [6, 6.07) is 10.6. The molecule has 3 rings (SSSR count). The number of hydrogen-bond donors (Lipinski definition) is 1. The fourth-order valence-corrected chi connectivity index (χ4v) is 4.76. The molecule has 0 radical (unpaired) electrons. The minimum absolute atomic E-state index is 0.00560. The maximum absolute atomic E-state index is 11.8. The van der Waals surface area contributed by atoms with Gasteiger partial charge in [-0.1, -0.05) is 30.3 Å². The van der Waals surface area contributed by atoms with Crippen molar-refractivity contribution in [3.05, 3.63) is 35.9 Å². The van der Waals surface area contributed by atoms with Gasteiger partial charge >= 0.3 is 0 Å². The number of hydrogen-bond acceptors (Lipinski definition) is 3. The molecule has 0 aromatic heterocycles. The van der Waals surface area contributed by atoms with Gasteiger partial charge in [0.2, 0.25) is 0 Å². The van der Waals surface area contributed by atoms with Crippen molar-refractivity contribution < 1.29 is 8.42 Å². The lowest BCUT2D eigenvalue weighted by Gasteiger charge is -2.31. The van der Waals surface area contributed by atoms with Gasteiger partial charge in [0, 0.05) is 18.6 Å². The molecule has 1 aliphatic heterocycles. The lowest BCUT2D eigenvalue weighted by molar-refractivity contribution is 0.322. The van der Waals surface area contributed by atoms with E-state index in [2.05, 4.69) is 22.3 Å². The van der Waals surface area contributed by atoms with E-state index >= 15 is 0 Å². The largest absolute Gasteiger partial charge is 0.360 e. The summed E-state index contributed by atoms with van der Waals surface area (Å²) in [6.07, 6.45) is 2.98. The SMILES string of the molecule is O=S1(=O)CC[C@H](N(Cc2ccccc2)C(=S)NC2CC2)C1. The highest BCUT2D eigenvalue weighted by molar-refractivity contribution is 7.91. The molecule has 4 nitrogen and oxygen atoms in total. The van der Waals surface area contributed by atoms with Crippen LogP contribution in [-0.2, 0) is 16.4 Å². The van der Waals surface area contributed by atoms with E-state index in [1.807, 2.05) is 18.2 Å². The zero-order valence-electron chi connectivity index (χ0n) is 11.9. The van der Waals surface area contributed by atoms with Crippen molar-refractivity contribution in [1.29, 1.82) is 0 Å². The van der Waals surface area contributed by atoms with Crippen LogP contribution in [-0.4, -0.2) is 42.0 Å². The van der Waals surface area contributed by atoms with Crippen LogP contribution in [0.5, 0.6) is 0 Å². The Morgan fingerprint density at radius 1 is 1.24 bits per heavy atom. The van der Waals surface area contributed by atoms with Crippen molar-refractivity contribution in [2.45, 2.75) is 37.9 Å². The molecule has 21 heavy (non-hydrogen) atoms. The van der Waals surface area contributed by atoms with Crippen LogP contribution in [0.2, 0.25) is 0 Å². The monoisotopic (exact) mass is 324 g/mol. The molecule has 1 aromatic carbocycles. The molecule has 0 bridgehead atoms. The second-order valence-corrected chi connectivity index (χ2v) is 8.51. The first-order chi connectivity index (χ1) is 10.0. The molecule has 0 unspecified atom stereocenters. The summed E-state index contributed by atoms with van der Waals surface area (Å²) >= 11 is 5.52. The van der Waals surface area contributed by atoms with E-state index in [1.165, 1.54) is 0 Å². The molecule has 2 aliphatic rings. The van der Waals surface area contributed by atoms with Crippen LogP contribution >= 0.6 is 12.2 Å². The second kappa shape index (κ2) is 5.93. The predicted octanol–water partition coefficient (Wildman–Crippen LogP) is 1.71. The van der Waals surface area contributed by atoms with Crippen molar-refractivity contribution in [1.82, 2.24) is 10.2 Å². The molecular formula is C15H20N2O2S2. The van der Waals surface area contributed by atoms with E-state index in [0.717, 1.165) is 18.4 Å². The van der Waals surface area contributed by atoms with Gasteiger partial charge in [-0.25, -0.2) is 8.42 Å². The first-order valence-corrected chi connectivity index (χ1v) is 9.58. The van der Waals surface area contributed by atoms with E-state index in [1.54, 1.807) is 0 Å². The van der Waals surface area contributed by atoms with E-state index in [-0.39, 0.29) is 17.5 Å². The highest BCUT2D eigenvalue weighted by Crippen LogP contribution is 2.23. The summed E-state index contributed by atoms with van der Waals surface area (Å²) in [4.78, 5) is 2.06. The average molecular weight is 324 g/mol. The Kier molecular flexibility index (Phi) is 4.17. The summed E-state index contributed by atoms with van der Waals surface area (Å²) in [6.45, 7) is 0.666. The van der Waals surface area contributed by atoms with Crippen molar-refractivity contribution >= 4 is 27.2 Å². The first-order valence-electron chi connectivity index (χ1n) is 7.35. The van der Waals surface area contributed by atoms with Crippen LogP contribution in [0.3, 0.4) is 0 Å². The number of benzene rings is 1. The minimum Gasteiger partial charge on any atom is -0.360 e. The Bertz CT molecular complexity index is 612. The van der Waals surface area contributed by atoms with E-state index in [4.69, 9.17) is 12.2 Å². The van der Waals surface area contributed by atoms with Gasteiger partial charge < -0.3 is 10.2 Å². The number of sulfone groups is 1. The van der Waals surface area contributed by atoms with Gasteiger partial charge in [0.15, 0.2) is 14.9 Å². The maximum atomic E-state index is 11.8. The normalized spacial score (nSPS) is 23.7. The molecule has 1 saturated carbocycles. The Morgan fingerprint density at radius 3 is 2.52 bits per heavy atom. The van der Waals surface area contributed by atoms with Gasteiger partial charge in [-0.15, -0.1) is 0 Å². The van der Waals surface area contributed by atoms with Crippen LogP contribution in [0.15, 0.2) is 30.3 Å². The third kappa shape index (κ3) is 3.95. The summed E-state index contributed by atoms with van der Waals surface area (Å²) < 4.78 is 23.5. The number of rotatable bonds is 4. The summed E-state index contributed by atoms with van der Waals surface area (Å²) in [5.74, 6) is 0.487. The number of nitrogens with one attached hydrogen (secondary N) is 1. The molecule has 1 heterocycles. The summed E-state index contributed by atoms with van der Waals surface area (Å²) in [7, 11) is -2.91. The quantitative estimate of drug-likeness (QED) is 0.855. The zero-order chi connectivity index (χ0) is 14.9. The smallest absolute Gasteiger partial charge is 0.169 e. The molecule has 6 heteroatoms. The average Bonchev–Trinajstić information content (AvgIpc) is 3.19. The van der Waals surface area contributed by atoms with Crippen LogP contribution < -0.4 is 5.32 Å². The number of thiocarbonyl (C=S) groups is 1. The molecule has 1 aromatic rings. The molecule has 1 atom stereocenters. The lowest BCUT2D eigenvalue weighted by Crippen LogP contribution is -2.46. The van der Waals surface area contributed by atoms with Gasteiger partial charge in [-0.2, -0.15) is 0 Å². The highest BCUT2D eigenvalue weighted by Gasteiger charge is 2.34. The molecule has 114 valence electrons. The van der Waals surface area contributed by atoms with Crippen molar-refractivity contribution in [2.24, 2.45) is 0 Å². The third-order valence-electron chi connectivity index (χ3n) is 4.01. The van der Waals surface area contributed by atoms with Crippen molar-refractivity contribution in [2.75, 3.05) is 11.5 Å². The van der Waals surface area contributed by atoms with Crippen molar-refractivity contribution in [3.63, 3.8) is 0 Å². The first kappa shape index (κ1) is 14.8. The second-order valence-electron chi connectivity index (χ2n) is 5.89. The van der Waals surface area contributed by atoms with Crippen molar-refractivity contribution in [3.8, 4) is 0 Å². The number of nitrogens with zero attached hydrogens (tertiary/aromatic N) is 1. The van der Waals surface area contributed by atoms with Crippen LogP contribution in [0.4, 0.5) is 0 Å². The third-order valence-corrected chi connectivity index (χ3v) is 6.11. The van der Waals surface area contributed by atoms with Gasteiger partial charge in [0.1, 0.15) is 0 Å². The molecule has 1 aliphatic carbocycles. The van der Waals surface area contributed by atoms with Gasteiger partial charge in [0.25, 0.3) is 0 Å². The van der Waals surface area contributed by atoms with E-state index < -0.39 is 9.84 Å². The maximum Gasteiger partial charge on any atom is 0.169 e. The molecule has 1 saturated heterocycles. The molecule has 1 N–H and O–H groups in total. The van der Waals surface area contributed by atoms with Gasteiger partial charge in [-0.05, 0) is 37.0 Å². The molecule has 2 fully saturated rings. The topological polar surface area (TPSA) is 49.4 Å². The van der Waals surface area contributed by atoms with Crippen LogP contribution in [0.1, 0.15) is 24.8 Å². The fraction of sp³-hybridized carbons (Fsp3) is 0.533. The summed E-state index contributed by atoms with van der Waals surface area (Å²) in [5.41, 5.74) is 1.15. The molecule has 0 spiro atoms. The van der Waals surface area contributed by atoms with E-state index in [9.17, 15) is 8.42 Å². The zero-order valence-corrected chi connectivity index (χ0v) is 13.5. The van der Waals surface area contributed by atoms with Crippen LogP contribution in [0, 0.1) is 0 Å². The highest BCUT2D eigenvalue weighted by atomic mass is 32.2. The van der Waals surface area contributed by atoms with Crippen LogP contribution in [0.25, 0.3) is 0 Å². The standard InChI is InChI=1S/C15H20N2O2S2/c18-21(19)9-8-14(11-21)17(15(20)16-13-6-7-13)10-12-4-2-1-3-5-12/h1-5,13-14H,6-11H2,(H,16,20)/t14-/m0/s1. The molecule has 0 amide bonds. The van der Waals surface area contributed by atoms with E-state index in [0.29, 0.717) is 24.1 Å². The molecular weight excluding hydrogens is 304 g/mol. The Morgan fingerprint density at radius 2 is 1.95 bits per heavy atom. The summed E-state index contributed by atoms with van der Waals surface area (Å²) in [5, 5.41) is 4.04. The predicted molar refractivity (Wildman–Crippen MR) is 87.8 cm³/mol. The Hall–Kier alpha value is -1.14.